The van der Waals surface area contributed by atoms with Gasteiger partial charge < -0.3 is 5.32 Å². The van der Waals surface area contributed by atoms with Crippen LogP contribution >= 0.6 is 0 Å². The summed E-state index contributed by atoms with van der Waals surface area (Å²) in [7, 11) is 0. The van der Waals surface area contributed by atoms with Crippen LogP contribution in [0.1, 0.15) is 44.3 Å². The van der Waals surface area contributed by atoms with Crippen molar-refractivity contribution in [2.75, 3.05) is 6.54 Å². The fourth-order valence-electron chi connectivity index (χ4n) is 2.35. The summed E-state index contributed by atoms with van der Waals surface area (Å²) in [4.78, 5) is 16.0. The summed E-state index contributed by atoms with van der Waals surface area (Å²) in [5.74, 6) is -0.288. The number of halogens is 1. The van der Waals surface area contributed by atoms with Gasteiger partial charge in [0.25, 0.3) is 0 Å². The van der Waals surface area contributed by atoms with Gasteiger partial charge in [-0.25, -0.2) is 4.39 Å². The second-order valence-electron chi connectivity index (χ2n) is 4.87. The third kappa shape index (κ3) is 3.73. The van der Waals surface area contributed by atoms with Gasteiger partial charge in [-0.3, -0.25) is 15.1 Å². The molecule has 1 amide bonds. The van der Waals surface area contributed by atoms with Crippen LogP contribution in [0.5, 0.6) is 0 Å². The summed E-state index contributed by atoms with van der Waals surface area (Å²) < 4.78 is 12.9. The van der Waals surface area contributed by atoms with Crippen molar-refractivity contribution in [1.82, 2.24) is 15.6 Å². The molecule has 104 valence electrons. The molecule has 2 heterocycles. The fourth-order valence-corrected chi connectivity index (χ4v) is 2.35. The number of rotatable bonds is 4. The van der Waals surface area contributed by atoms with Crippen LogP contribution < -0.4 is 10.6 Å². The minimum absolute atomic E-state index is 0.0190. The normalized spacial score (nSPS) is 21.6. The lowest BCUT2D eigenvalue weighted by Gasteiger charge is -2.22. The highest BCUT2D eigenvalue weighted by molar-refractivity contribution is 5.81. The molecule has 0 aliphatic carbocycles. The molecule has 2 unspecified atom stereocenters. The molecule has 0 spiro atoms. The first-order valence-electron chi connectivity index (χ1n) is 6.86. The Balaban J connectivity index is 2.05. The average molecular weight is 265 g/mol. The molecule has 5 heteroatoms. The van der Waals surface area contributed by atoms with E-state index in [1.807, 2.05) is 6.92 Å². The Morgan fingerprint density at radius 2 is 2.37 bits per heavy atom. The lowest BCUT2D eigenvalue weighted by atomic mass is 10.1. The molecule has 1 aliphatic rings. The van der Waals surface area contributed by atoms with E-state index in [-0.39, 0.29) is 23.8 Å². The monoisotopic (exact) mass is 265 g/mol. The van der Waals surface area contributed by atoms with Crippen molar-refractivity contribution >= 4 is 5.91 Å². The minimum Gasteiger partial charge on any atom is -0.355 e. The first-order chi connectivity index (χ1) is 9.20. The molecular formula is C14H20FN3O. The van der Waals surface area contributed by atoms with Crippen LogP contribution in [-0.2, 0) is 4.79 Å². The summed E-state index contributed by atoms with van der Waals surface area (Å²) in [6, 6.07) is 2.87. The minimum atomic E-state index is -0.342. The topological polar surface area (TPSA) is 54.0 Å². The number of carbonyl (C=O) groups is 1. The number of hydrogen-bond donors (Lipinski definition) is 2. The third-order valence-corrected chi connectivity index (χ3v) is 3.45. The van der Waals surface area contributed by atoms with Gasteiger partial charge in [0.2, 0.25) is 5.91 Å². The molecule has 2 rings (SSSR count). The first kappa shape index (κ1) is 13.9. The van der Waals surface area contributed by atoms with Crippen LogP contribution in [0.25, 0.3) is 0 Å². The van der Waals surface area contributed by atoms with E-state index in [0.29, 0.717) is 0 Å². The molecule has 1 saturated heterocycles. The van der Waals surface area contributed by atoms with Gasteiger partial charge in [-0.1, -0.05) is 6.92 Å². The summed E-state index contributed by atoms with van der Waals surface area (Å²) in [5.41, 5.74) is 0.779. The third-order valence-electron chi connectivity index (χ3n) is 3.45. The second kappa shape index (κ2) is 6.61. The van der Waals surface area contributed by atoms with Gasteiger partial charge in [0.1, 0.15) is 5.82 Å². The lowest BCUT2D eigenvalue weighted by molar-refractivity contribution is -0.123. The molecule has 1 aromatic rings. The number of carbonyl (C=O) groups excluding carboxylic acids is 1. The Kier molecular flexibility index (Phi) is 4.85. The van der Waals surface area contributed by atoms with Crippen LogP contribution in [0.4, 0.5) is 4.39 Å². The molecule has 4 nitrogen and oxygen atoms in total. The van der Waals surface area contributed by atoms with Gasteiger partial charge in [0, 0.05) is 12.6 Å². The molecule has 1 fully saturated rings. The van der Waals surface area contributed by atoms with E-state index in [0.717, 1.165) is 37.9 Å². The number of pyridine rings is 1. The maximum atomic E-state index is 12.9. The predicted molar refractivity (Wildman–Crippen MR) is 71.0 cm³/mol. The average Bonchev–Trinajstić information content (AvgIpc) is 2.62. The van der Waals surface area contributed by atoms with Crippen LogP contribution in [0.15, 0.2) is 18.3 Å². The Morgan fingerprint density at radius 3 is 3.05 bits per heavy atom. The molecule has 2 N–H and O–H groups in total. The van der Waals surface area contributed by atoms with Gasteiger partial charge in [0.15, 0.2) is 0 Å². The summed E-state index contributed by atoms with van der Waals surface area (Å²) >= 11 is 0. The number of amides is 1. The largest absolute Gasteiger partial charge is 0.355 e. The van der Waals surface area contributed by atoms with E-state index < -0.39 is 0 Å². The lowest BCUT2D eigenvalue weighted by Crippen LogP contribution is -2.44. The van der Waals surface area contributed by atoms with Crippen molar-refractivity contribution in [2.45, 2.75) is 44.7 Å². The van der Waals surface area contributed by atoms with Gasteiger partial charge >= 0.3 is 0 Å². The van der Waals surface area contributed by atoms with Crippen molar-refractivity contribution in [3.63, 3.8) is 0 Å². The molecule has 1 aromatic heterocycles. The van der Waals surface area contributed by atoms with E-state index in [1.165, 1.54) is 12.3 Å². The molecule has 2 atom stereocenters. The SMILES string of the molecule is CCC(NC1CCCCNC1=O)c1ccc(F)cn1. The molecule has 0 saturated carbocycles. The Morgan fingerprint density at radius 1 is 1.53 bits per heavy atom. The van der Waals surface area contributed by atoms with E-state index in [9.17, 15) is 9.18 Å². The second-order valence-corrected chi connectivity index (χ2v) is 4.87. The number of aromatic nitrogens is 1. The van der Waals surface area contributed by atoms with E-state index in [2.05, 4.69) is 15.6 Å². The van der Waals surface area contributed by atoms with Crippen LogP contribution in [0, 0.1) is 5.82 Å². The van der Waals surface area contributed by atoms with Crippen LogP contribution in [0.3, 0.4) is 0 Å². The maximum Gasteiger partial charge on any atom is 0.237 e. The Labute approximate surface area is 112 Å². The van der Waals surface area contributed by atoms with Crippen molar-refractivity contribution in [2.24, 2.45) is 0 Å². The van der Waals surface area contributed by atoms with E-state index in [1.54, 1.807) is 6.07 Å². The standard InChI is InChI=1S/C14H20FN3O/c1-2-11(12-7-6-10(15)9-17-12)18-13-5-3-4-8-16-14(13)19/h6-7,9,11,13,18H,2-5,8H2,1H3,(H,16,19). The maximum absolute atomic E-state index is 12.9. The van der Waals surface area contributed by atoms with E-state index in [4.69, 9.17) is 0 Å². The predicted octanol–water partition coefficient (Wildman–Crippen LogP) is 1.93. The summed E-state index contributed by atoms with van der Waals surface area (Å²) in [6.07, 6.45) is 4.91. The zero-order valence-corrected chi connectivity index (χ0v) is 11.2. The molecular weight excluding hydrogens is 245 g/mol. The van der Waals surface area contributed by atoms with Crippen LogP contribution in [-0.4, -0.2) is 23.5 Å². The van der Waals surface area contributed by atoms with Gasteiger partial charge in [-0.05, 0) is 37.8 Å². The summed E-state index contributed by atoms with van der Waals surface area (Å²) in [6.45, 7) is 2.78. The Bertz CT molecular complexity index is 421. The van der Waals surface area contributed by atoms with E-state index >= 15 is 0 Å². The van der Waals surface area contributed by atoms with Crippen molar-refractivity contribution in [3.8, 4) is 0 Å². The molecule has 0 aromatic carbocycles. The number of nitrogens with zero attached hydrogens (tertiary/aromatic N) is 1. The smallest absolute Gasteiger partial charge is 0.237 e. The van der Waals surface area contributed by atoms with Crippen molar-refractivity contribution < 1.29 is 9.18 Å². The van der Waals surface area contributed by atoms with Crippen molar-refractivity contribution in [1.29, 1.82) is 0 Å². The Hall–Kier alpha value is -1.49. The van der Waals surface area contributed by atoms with Crippen LogP contribution in [0.2, 0.25) is 0 Å². The number of nitrogens with one attached hydrogen (secondary N) is 2. The van der Waals surface area contributed by atoms with Gasteiger partial charge in [0.05, 0.1) is 17.9 Å². The zero-order valence-electron chi connectivity index (χ0n) is 11.2. The highest BCUT2D eigenvalue weighted by Crippen LogP contribution is 2.17. The highest BCUT2D eigenvalue weighted by Gasteiger charge is 2.24. The van der Waals surface area contributed by atoms with Gasteiger partial charge in [-0.2, -0.15) is 0 Å². The molecule has 19 heavy (non-hydrogen) atoms. The molecule has 1 aliphatic heterocycles. The number of hydrogen-bond acceptors (Lipinski definition) is 3. The van der Waals surface area contributed by atoms with Gasteiger partial charge in [-0.15, -0.1) is 0 Å². The molecule has 0 bridgehead atoms. The highest BCUT2D eigenvalue weighted by atomic mass is 19.1. The first-order valence-corrected chi connectivity index (χ1v) is 6.86. The molecule has 0 radical (unpaired) electrons. The quantitative estimate of drug-likeness (QED) is 0.874. The van der Waals surface area contributed by atoms with Crippen molar-refractivity contribution in [3.05, 3.63) is 29.8 Å². The zero-order chi connectivity index (χ0) is 13.7. The fraction of sp³-hybridized carbons (Fsp3) is 0.571. The summed E-state index contributed by atoms with van der Waals surface area (Å²) in [5, 5.41) is 6.24.